The lowest BCUT2D eigenvalue weighted by molar-refractivity contribution is 0.213. The fourth-order valence-electron chi connectivity index (χ4n) is 1.62. The number of hydrogen-bond acceptors (Lipinski definition) is 1. The summed E-state index contributed by atoms with van der Waals surface area (Å²) in [6.07, 6.45) is -1.23. The first-order valence-corrected chi connectivity index (χ1v) is 6.65. The highest BCUT2D eigenvalue weighted by molar-refractivity contribution is 9.10. The normalized spacial score (nSPS) is 12.5. The number of halogens is 4. The average molecular weight is 378 g/mol. The minimum Gasteiger partial charge on any atom is -0.384 e. The molecule has 0 amide bonds. The fraction of sp³-hybridized carbons (Fsp3) is 0.0769. The van der Waals surface area contributed by atoms with Gasteiger partial charge in [0.2, 0.25) is 0 Å². The van der Waals surface area contributed by atoms with E-state index in [0.29, 0.717) is 8.95 Å². The minimum absolute atomic E-state index is 0.0932. The van der Waals surface area contributed by atoms with Crippen LogP contribution in [0.3, 0.4) is 0 Å². The van der Waals surface area contributed by atoms with Gasteiger partial charge < -0.3 is 5.11 Å². The smallest absolute Gasteiger partial charge is 0.129 e. The second kappa shape index (κ2) is 5.47. The van der Waals surface area contributed by atoms with E-state index in [1.807, 2.05) is 0 Å². The van der Waals surface area contributed by atoms with Gasteiger partial charge in [-0.3, -0.25) is 0 Å². The maximum absolute atomic E-state index is 13.6. The Morgan fingerprint density at radius 2 is 1.67 bits per heavy atom. The van der Waals surface area contributed by atoms with Gasteiger partial charge in [0.1, 0.15) is 17.7 Å². The predicted octanol–water partition coefficient (Wildman–Crippen LogP) is 4.57. The van der Waals surface area contributed by atoms with Gasteiger partial charge in [0.05, 0.1) is 0 Å². The molecule has 0 spiro atoms. The van der Waals surface area contributed by atoms with Crippen molar-refractivity contribution < 1.29 is 13.9 Å². The van der Waals surface area contributed by atoms with Gasteiger partial charge in [0.25, 0.3) is 0 Å². The molecule has 2 aromatic rings. The maximum atomic E-state index is 13.6. The van der Waals surface area contributed by atoms with Crippen LogP contribution in [0.1, 0.15) is 17.2 Å². The van der Waals surface area contributed by atoms with Crippen LogP contribution in [0.25, 0.3) is 0 Å². The molecular weight excluding hydrogens is 370 g/mol. The Bertz CT molecular complexity index is 536. The molecule has 0 heterocycles. The van der Waals surface area contributed by atoms with Gasteiger partial charge in [-0.1, -0.05) is 31.9 Å². The van der Waals surface area contributed by atoms with Gasteiger partial charge >= 0.3 is 0 Å². The lowest BCUT2D eigenvalue weighted by atomic mass is 10.0. The molecule has 1 nitrogen and oxygen atoms in total. The molecular formula is C13H8Br2F2O. The average Bonchev–Trinajstić information content (AvgIpc) is 2.34. The summed E-state index contributed by atoms with van der Waals surface area (Å²) in [5.74, 6) is -1.02. The highest BCUT2D eigenvalue weighted by Crippen LogP contribution is 2.31. The van der Waals surface area contributed by atoms with Crippen LogP contribution >= 0.6 is 31.9 Å². The third-order valence-corrected chi connectivity index (χ3v) is 3.72. The maximum Gasteiger partial charge on any atom is 0.129 e. The topological polar surface area (TPSA) is 20.2 Å². The Morgan fingerprint density at radius 3 is 2.39 bits per heavy atom. The third-order valence-electron chi connectivity index (χ3n) is 2.51. The summed E-state index contributed by atoms with van der Waals surface area (Å²) in [4.78, 5) is 0. The first-order valence-electron chi connectivity index (χ1n) is 5.07. The fourth-order valence-corrected chi connectivity index (χ4v) is 2.46. The van der Waals surface area contributed by atoms with E-state index in [1.165, 1.54) is 36.4 Å². The van der Waals surface area contributed by atoms with Crippen LogP contribution < -0.4 is 0 Å². The highest BCUT2D eigenvalue weighted by atomic mass is 79.9. The van der Waals surface area contributed by atoms with Crippen molar-refractivity contribution in [3.8, 4) is 0 Å². The number of hydrogen-bond donors (Lipinski definition) is 1. The Labute approximate surface area is 120 Å². The molecule has 0 aliphatic heterocycles. The summed E-state index contributed by atoms with van der Waals surface area (Å²) in [5, 5.41) is 10.1. The molecule has 94 valence electrons. The van der Waals surface area contributed by atoms with E-state index in [0.717, 1.165) is 0 Å². The largest absolute Gasteiger partial charge is 0.384 e. The van der Waals surface area contributed by atoms with Crippen molar-refractivity contribution in [2.24, 2.45) is 0 Å². The molecule has 0 saturated heterocycles. The summed E-state index contributed by atoms with van der Waals surface area (Å²) in [6.45, 7) is 0. The van der Waals surface area contributed by atoms with Crippen molar-refractivity contribution in [3.05, 3.63) is 68.1 Å². The van der Waals surface area contributed by atoms with E-state index in [4.69, 9.17) is 0 Å². The molecule has 18 heavy (non-hydrogen) atoms. The van der Waals surface area contributed by atoms with E-state index in [9.17, 15) is 13.9 Å². The minimum atomic E-state index is -1.23. The summed E-state index contributed by atoms with van der Waals surface area (Å²) in [5.41, 5.74) is 0.377. The van der Waals surface area contributed by atoms with Gasteiger partial charge in [0, 0.05) is 20.1 Å². The molecule has 0 aliphatic carbocycles. The lowest BCUT2D eigenvalue weighted by Gasteiger charge is -2.14. The molecule has 1 unspecified atom stereocenters. The van der Waals surface area contributed by atoms with E-state index in [-0.39, 0.29) is 11.1 Å². The molecule has 0 fully saturated rings. The molecule has 5 heteroatoms. The monoisotopic (exact) mass is 376 g/mol. The zero-order valence-corrected chi connectivity index (χ0v) is 12.2. The first kappa shape index (κ1) is 13.6. The number of rotatable bonds is 2. The van der Waals surface area contributed by atoms with Crippen LogP contribution in [0.15, 0.2) is 45.3 Å². The van der Waals surface area contributed by atoms with E-state index < -0.39 is 17.7 Å². The summed E-state index contributed by atoms with van der Waals surface area (Å²) >= 11 is 6.42. The van der Waals surface area contributed by atoms with Crippen LogP contribution in [0.4, 0.5) is 8.78 Å². The molecule has 0 aliphatic rings. The molecule has 1 atom stereocenters. The quantitative estimate of drug-likeness (QED) is 0.812. The van der Waals surface area contributed by atoms with Crippen LogP contribution in [0.2, 0.25) is 0 Å². The number of aliphatic hydroxyl groups excluding tert-OH is 1. The molecule has 0 aromatic heterocycles. The van der Waals surface area contributed by atoms with Crippen molar-refractivity contribution in [1.82, 2.24) is 0 Å². The summed E-state index contributed by atoms with van der Waals surface area (Å²) in [7, 11) is 0. The zero-order chi connectivity index (χ0) is 13.3. The van der Waals surface area contributed by atoms with Gasteiger partial charge in [-0.2, -0.15) is 0 Å². The number of benzene rings is 2. The molecule has 0 saturated carbocycles. The van der Waals surface area contributed by atoms with Crippen molar-refractivity contribution in [3.63, 3.8) is 0 Å². The molecule has 0 radical (unpaired) electrons. The second-order valence-electron chi connectivity index (χ2n) is 3.73. The zero-order valence-electron chi connectivity index (χ0n) is 9.00. The molecule has 2 rings (SSSR count). The van der Waals surface area contributed by atoms with Crippen LogP contribution in [0, 0.1) is 11.6 Å². The summed E-state index contributed by atoms with van der Waals surface area (Å²) in [6, 6.07) is 8.16. The third kappa shape index (κ3) is 2.79. The van der Waals surface area contributed by atoms with Gasteiger partial charge in [0.15, 0.2) is 0 Å². The van der Waals surface area contributed by atoms with Crippen molar-refractivity contribution in [1.29, 1.82) is 0 Å². The lowest BCUT2D eigenvalue weighted by Crippen LogP contribution is -2.04. The van der Waals surface area contributed by atoms with Gasteiger partial charge in [-0.15, -0.1) is 0 Å². The summed E-state index contributed by atoms with van der Waals surface area (Å²) < 4.78 is 28.0. The van der Waals surface area contributed by atoms with E-state index in [2.05, 4.69) is 31.9 Å². The standard InChI is InChI=1S/C13H8Br2F2O/c14-7-1-4-12(17)10(5-7)13(18)9-6-8(16)2-3-11(9)15/h1-6,13,18H. The van der Waals surface area contributed by atoms with E-state index in [1.54, 1.807) is 0 Å². The van der Waals surface area contributed by atoms with Crippen LogP contribution in [-0.2, 0) is 0 Å². The Balaban J connectivity index is 2.50. The number of aliphatic hydroxyl groups is 1. The van der Waals surface area contributed by atoms with Crippen molar-refractivity contribution >= 4 is 31.9 Å². The van der Waals surface area contributed by atoms with Crippen LogP contribution in [-0.4, -0.2) is 5.11 Å². The van der Waals surface area contributed by atoms with Crippen molar-refractivity contribution in [2.45, 2.75) is 6.10 Å². The van der Waals surface area contributed by atoms with Crippen LogP contribution in [0.5, 0.6) is 0 Å². The highest BCUT2D eigenvalue weighted by Gasteiger charge is 2.18. The second-order valence-corrected chi connectivity index (χ2v) is 5.50. The van der Waals surface area contributed by atoms with Gasteiger partial charge in [-0.25, -0.2) is 8.78 Å². The molecule has 2 aromatic carbocycles. The molecule has 0 bridgehead atoms. The Morgan fingerprint density at radius 1 is 0.944 bits per heavy atom. The first-order chi connectivity index (χ1) is 8.49. The Hall–Kier alpha value is -0.780. The predicted molar refractivity (Wildman–Crippen MR) is 72.3 cm³/mol. The molecule has 1 N–H and O–H groups in total. The Kier molecular flexibility index (Phi) is 4.14. The van der Waals surface area contributed by atoms with Crippen molar-refractivity contribution in [2.75, 3.05) is 0 Å². The van der Waals surface area contributed by atoms with Gasteiger partial charge in [-0.05, 0) is 36.4 Å². The SMILES string of the molecule is OC(c1cc(Br)ccc1F)c1cc(F)ccc1Br. The van der Waals surface area contributed by atoms with E-state index >= 15 is 0 Å².